The summed E-state index contributed by atoms with van der Waals surface area (Å²) in [5.74, 6) is 0.158. The van der Waals surface area contributed by atoms with Gasteiger partial charge in [0, 0.05) is 12.9 Å². The fourth-order valence-electron chi connectivity index (χ4n) is 1.70. The van der Waals surface area contributed by atoms with Crippen LogP contribution in [-0.2, 0) is 16.3 Å². The van der Waals surface area contributed by atoms with Gasteiger partial charge in [-0.15, -0.1) is 0 Å². The molecule has 0 bridgehead atoms. The van der Waals surface area contributed by atoms with E-state index >= 15 is 0 Å². The molecule has 1 atom stereocenters. The number of aliphatic hydroxyl groups is 1. The van der Waals surface area contributed by atoms with Gasteiger partial charge in [-0.3, -0.25) is 0 Å². The van der Waals surface area contributed by atoms with Gasteiger partial charge in [0.15, 0.2) is 9.84 Å². The third kappa shape index (κ3) is 3.71. The highest BCUT2D eigenvalue weighted by Crippen LogP contribution is 2.22. The van der Waals surface area contributed by atoms with Crippen molar-refractivity contribution in [3.63, 3.8) is 0 Å². The van der Waals surface area contributed by atoms with Crippen LogP contribution >= 0.6 is 0 Å². The summed E-state index contributed by atoms with van der Waals surface area (Å²) < 4.78 is 23.0. The predicted molar refractivity (Wildman–Crippen MR) is 68.5 cm³/mol. The van der Waals surface area contributed by atoms with E-state index in [4.69, 9.17) is 10.8 Å². The number of benzene rings is 1. The molecule has 3 N–H and O–H groups in total. The van der Waals surface area contributed by atoms with E-state index in [0.717, 1.165) is 18.2 Å². The fraction of sp³-hybridized carbons (Fsp3) is 0.500. The van der Waals surface area contributed by atoms with E-state index in [-0.39, 0.29) is 23.1 Å². The Bertz CT molecular complexity index is 479. The molecule has 96 valence electrons. The lowest BCUT2D eigenvalue weighted by molar-refractivity contribution is 0.222. The second kappa shape index (κ2) is 5.51. The van der Waals surface area contributed by atoms with Crippen LogP contribution in [0.1, 0.15) is 18.9 Å². The van der Waals surface area contributed by atoms with Crippen molar-refractivity contribution in [1.29, 1.82) is 0 Å². The van der Waals surface area contributed by atoms with Crippen molar-refractivity contribution in [3.05, 3.63) is 23.8 Å². The van der Waals surface area contributed by atoms with Crippen molar-refractivity contribution in [1.82, 2.24) is 0 Å². The van der Waals surface area contributed by atoms with Crippen LogP contribution in [-0.4, -0.2) is 26.4 Å². The summed E-state index contributed by atoms with van der Waals surface area (Å²) in [6, 6.07) is 5.02. The van der Waals surface area contributed by atoms with Crippen LogP contribution in [0.5, 0.6) is 0 Å². The Morgan fingerprint density at radius 1 is 1.41 bits per heavy atom. The Morgan fingerprint density at radius 3 is 2.53 bits per heavy atom. The summed E-state index contributed by atoms with van der Waals surface area (Å²) in [6.07, 6.45) is 2.66. The normalized spacial score (nSPS) is 13.6. The average molecular weight is 257 g/mol. The Kier molecular flexibility index (Phi) is 4.54. The van der Waals surface area contributed by atoms with Crippen LogP contribution in [0.3, 0.4) is 0 Å². The SMILES string of the molecule is CCC(CO)Cc1ccc(N)c(S(C)(=O)=O)c1. The molecule has 1 aromatic rings. The smallest absolute Gasteiger partial charge is 0.177 e. The lowest BCUT2D eigenvalue weighted by Gasteiger charge is -2.13. The Balaban J connectivity index is 3.05. The molecule has 0 saturated heterocycles. The quantitative estimate of drug-likeness (QED) is 0.778. The van der Waals surface area contributed by atoms with Crippen LogP contribution in [0.25, 0.3) is 0 Å². The van der Waals surface area contributed by atoms with Crippen LogP contribution < -0.4 is 5.73 Å². The van der Waals surface area contributed by atoms with Gasteiger partial charge in [0.2, 0.25) is 0 Å². The average Bonchev–Trinajstić information content (AvgIpc) is 2.26. The molecule has 17 heavy (non-hydrogen) atoms. The number of nitrogen functional groups attached to an aromatic ring is 1. The second-order valence-electron chi connectivity index (χ2n) is 4.31. The van der Waals surface area contributed by atoms with Gasteiger partial charge >= 0.3 is 0 Å². The van der Waals surface area contributed by atoms with Gasteiger partial charge in [0.05, 0.1) is 10.6 Å². The number of aliphatic hydroxyl groups excluding tert-OH is 1. The van der Waals surface area contributed by atoms with Crippen molar-refractivity contribution >= 4 is 15.5 Å². The maximum atomic E-state index is 11.5. The van der Waals surface area contributed by atoms with E-state index in [1.165, 1.54) is 0 Å². The molecule has 0 aliphatic rings. The molecule has 0 spiro atoms. The minimum atomic E-state index is -3.29. The molecule has 1 rings (SSSR count). The van der Waals surface area contributed by atoms with E-state index in [9.17, 15) is 8.42 Å². The molecular weight excluding hydrogens is 238 g/mol. The largest absolute Gasteiger partial charge is 0.398 e. The molecule has 0 fully saturated rings. The summed E-state index contributed by atoms with van der Waals surface area (Å²) in [7, 11) is -3.29. The summed E-state index contributed by atoms with van der Waals surface area (Å²) >= 11 is 0. The lowest BCUT2D eigenvalue weighted by Crippen LogP contribution is -2.09. The zero-order valence-electron chi connectivity index (χ0n) is 10.2. The highest BCUT2D eigenvalue weighted by atomic mass is 32.2. The van der Waals surface area contributed by atoms with Crippen molar-refractivity contribution < 1.29 is 13.5 Å². The Hall–Kier alpha value is -1.07. The first kappa shape index (κ1) is 14.0. The Morgan fingerprint density at radius 2 is 2.06 bits per heavy atom. The van der Waals surface area contributed by atoms with Gasteiger partial charge in [-0.05, 0) is 30.0 Å². The molecular formula is C12H19NO3S. The molecule has 0 saturated carbocycles. The van der Waals surface area contributed by atoms with Gasteiger partial charge in [-0.25, -0.2) is 8.42 Å². The molecule has 0 aromatic heterocycles. The number of rotatable bonds is 5. The molecule has 1 unspecified atom stereocenters. The monoisotopic (exact) mass is 257 g/mol. The van der Waals surface area contributed by atoms with Gasteiger partial charge in [-0.2, -0.15) is 0 Å². The van der Waals surface area contributed by atoms with Crippen molar-refractivity contribution in [3.8, 4) is 0 Å². The maximum absolute atomic E-state index is 11.5. The molecule has 0 aliphatic heterocycles. The first-order valence-electron chi connectivity index (χ1n) is 5.57. The van der Waals surface area contributed by atoms with Crippen LogP contribution in [0.4, 0.5) is 5.69 Å². The summed E-state index contributed by atoms with van der Waals surface area (Å²) in [5.41, 5.74) is 6.80. The third-order valence-corrected chi connectivity index (χ3v) is 3.99. The van der Waals surface area contributed by atoms with Crippen molar-refractivity contribution in [2.45, 2.75) is 24.7 Å². The minimum Gasteiger partial charge on any atom is -0.398 e. The molecule has 4 nitrogen and oxygen atoms in total. The zero-order chi connectivity index (χ0) is 13.1. The lowest BCUT2D eigenvalue weighted by atomic mass is 9.98. The first-order valence-corrected chi connectivity index (χ1v) is 7.47. The number of hydrogen-bond acceptors (Lipinski definition) is 4. The zero-order valence-corrected chi connectivity index (χ0v) is 11.0. The van der Waals surface area contributed by atoms with Gasteiger partial charge in [-0.1, -0.05) is 19.4 Å². The van der Waals surface area contributed by atoms with E-state index < -0.39 is 9.84 Å². The minimum absolute atomic E-state index is 0.106. The topological polar surface area (TPSA) is 80.4 Å². The van der Waals surface area contributed by atoms with Gasteiger partial charge < -0.3 is 10.8 Å². The van der Waals surface area contributed by atoms with Crippen molar-refractivity contribution in [2.24, 2.45) is 5.92 Å². The molecule has 1 aromatic carbocycles. The summed E-state index contributed by atoms with van der Waals surface area (Å²) in [4.78, 5) is 0.169. The maximum Gasteiger partial charge on any atom is 0.177 e. The summed E-state index contributed by atoms with van der Waals surface area (Å²) in [5, 5.41) is 9.13. The standard InChI is InChI=1S/C12H19NO3S/c1-3-9(8-14)6-10-4-5-11(13)12(7-10)17(2,15)16/h4-5,7,9,14H,3,6,8,13H2,1-2H3. The Labute approximate surface area is 102 Å². The van der Waals surface area contributed by atoms with E-state index in [2.05, 4.69) is 0 Å². The molecule has 0 amide bonds. The number of nitrogens with two attached hydrogens (primary N) is 1. The van der Waals surface area contributed by atoms with E-state index in [0.29, 0.717) is 6.42 Å². The first-order chi connectivity index (χ1) is 7.88. The molecule has 5 heteroatoms. The molecule has 0 radical (unpaired) electrons. The third-order valence-electron chi connectivity index (χ3n) is 2.84. The summed E-state index contributed by atoms with van der Waals surface area (Å²) in [6.45, 7) is 2.10. The number of hydrogen-bond donors (Lipinski definition) is 2. The fourth-order valence-corrected chi connectivity index (χ4v) is 2.56. The van der Waals surface area contributed by atoms with Crippen LogP contribution in [0.15, 0.2) is 23.1 Å². The number of sulfone groups is 1. The van der Waals surface area contributed by atoms with Gasteiger partial charge in [0.25, 0.3) is 0 Å². The van der Waals surface area contributed by atoms with Crippen LogP contribution in [0, 0.1) is 5.92 Å². The highest BCUT2D eigenvalue weighted by Gasteiger charge is 2.13. The highest BCUT2D eigenvalue weighted by molar-refractivity contribution is 7.90. The number of anilines is 1. The van der Waals surface area contributed by atoms with Gasteiger partial charge in [0.1, 0.15) is 0 Å². The van der Waals surface area contributed by atoms with E-state index in [1.807, 2.05) is 13.0 Å². The van der Waals surface area contributed by atoms with E-state index in [1.54, 1.807) is 12.1 Å². The van der Waals surface area contributed by atoms with Crippen LogP contribution in [0.2, 0.25) is 0 Å². The second-order valence-corrected chi connectivity index (χ2v) is 6.29. The van der Waals surface area contributed by atoms with Crippen molar-refractivity contribution in [2.75, 3.05) is 18.6 Å². The predicted octanol–water partition coefficient (Wildman–Crippen LogP) is 1.23. The molecule has 0 heterocycles. The molecule has 0 aliphatic carbocycles.